The molecule has 0 fully saturated rings. The van der Waals surface area contributed by atoms with Crippen molar-refractivity contribution in [1.82, 2.24) is 10.2 Å². The van der Waals surface area contributed by atoms with Gasteiger partial charge in [-0.2, -0.15) is 13.2 Å². The highest BCUT2D eigenvalue weighted by Crippen LogP contribution is 2.35. The summed E-state index contributed by atoms with van der Waals surface area (Å²) in [6, 6.07) is 11.0. The lowest BCUT2D eigenvalue weighted by molar-refractivity contribution is -0.137. The van der Waals surface area contributed by atoms with Crippen LogP contribution in [-0.2, 0) is 11.0 Å². The fraction of sp³-hybridized carbons (Fsp3) is 0.118. The van der Waals surface area contributed by atoms with Gasteiger partial charge in [0, 0.05) is 5.56 Å². The van der Waals surface area contributed by atoms with Crippen LogP contribution in [0.25, 0.3) is 11.5 Å². The van der Waals surface area contributed by atoms with Crippen LogP contribution >= 0.6 is 11.8 Å². The molecule has 1 amide bonds. The molecule has 140 valence electrons. The van der Waals surface area contributed by atoms with Crippen LogP contribution < -0.4 is 5.32 Å². The van der Waals surface area contributed by atoms with Gasteiger partial charge in [-0.25, -0.2) is 4.39 Å². The maximum absolute atomic E-state index is 13.1. The monoisotopic (exact) mass is 397 g/mol. The second kappa shape index (κ2) is 7.78. The molecule has 27 heavy (non-hydrogen) atoms. The predicted molar refractivity (Wildman–Crippen MR) is 90.5 cm³/mol. The average Bonchev–Trinajstić information content (AvgIpc) is 3.10. The number of carbonyl (C=O) groups excluding carboxylic acids is 1. The van der Waals surface area contributed by atoms with Crippen molar-refractivity contribution in [3.05, 3.63) is 59.9 Å². The number of halogens is 4. The molecule has 1 aromatic heterocycles. The Kier molecular flexibility index (Phi) is 5.45. The molecule has 3 aromatic rings. The van der Waals surface area contributed by atoms with Gasteiger partial charge in [0.15, 0.2) is 0 Å². The lowest BCUT2D eigenvalue weighted by Crippen LogP contribution is -2.18. The molecule has 0 radical (unpaired) electrons. The molecule has 0 saturated carbocycles. The van der Waals surface area contributed by atoms with Crippen molar-refractivity contribution in [2.45, 2.75) is 11.4 Å². The van der Waals surface area contributed by atoms with Gasteiger partial charge in [-0.05, 0) is 30.3 Å². The number of anilines is 1. The second-order valence-electron chi connectivity index (χ2n) is 5.26. The van der Waals surface area contributed by atoms with Crippen molar-refractivity contribution in [1.29, 1.82) is 0 Å². The number of hydrogen-bond donors (Lipinski definition) is 1. The SMILES string of the molecule is O=C(CSc1nnc(-c2ccccc2)o1)Nc1ccc(F)cc1C(F)(F)F. The maximum atomic E-state index is 13.1. The highest BCUT2D eigenvalue weighted by atomic mass is 32.2. The van der Waals surface area contributed by atoms with E-state index in [1.54, 1.807) is 24.3 Å². The number of aromatic nitrogens is 2. The van der Waals surface area contributed by atoms with E-state index >= 15 is 0 Å². The number of thioether (sulfide) groups is 1. The summed E-state index contributed by atoms with van der Waals surface area (Å²) >= 11 is 0.872. The highest BCUT2D eigenvalue weighted by molar-refractivity contribution is 7.99. The zero-order valence-electron chi connectivity index (χ0n) is 13.5. The van der Waals surface area contributed by atoms with Crippen LogP contribution in [0.4, 0.5) is 23.2 Å². The molecular weight excluding hydrogens is 386 g/mol. The zero-order valence-corrected chi connectivity index (χ0v) is 14.3. The van der Waals surface area contributed by atoms with Gasteiger partial charge in [-0.3, -0.25) is 4.79 Å². The summed E-state index contributed by atoms with van der Waals surface area (Å²) in [6.07, 6.45) is -4.80. The van der Waals surface area contributed by atoms with Gasteiger partial charge in [0.2, 0.25) is 11.8 Å². The van der Waals surface area contributed by atoms with Gasteiger partial charge in [-0.15, -0.1) is 10.2 Å². The number of hydrogen-bond acceptors (Lipinski definition) is 5. The number of rotatable bonds is 5. The van der Waals surface area contributed by atoms with E-state index in [0.29, 0.717) is 11.6 Å². The third-order valence-electron chi connectivity index (χ3n) is 3.32. The van der Waals surface area contributed by atoms with Crippen molar-refractivity contribution in [3.63, 3.8) is 0 Å². The summed E-state index contributed by atoms with van der Waals surface area (Å²) in [7, 11) is 0. The van der Waals surface area contributed by atoms with Gasteiger partial charge in [0.25, 0.3) is 5.22 Å². The van der Waals surface area contributed by atoms with Crippen LogP contribution in [-0.4, -0.2) is 21.9 Å². The Balaban J connectivity index is 1.64. The number of alkyl halides is 3. The molecule has 0 saturated heterocycles. The van der Waals surface area contributed by atoms with Crippen molar-refractivity contribution in [2.75, 3.05) is 11.1 Å². The molecule has 10 heteroatoms. The number of carbonyl (C=O) groups is 1. The molecule has 0 bridgehead atoms. The molecule has 0 atom stereocenters. The van der Waals surface area contributed by atoms with E-state index in [1.165, 1.54) is 0 Å². The first-order chi connectivity index (χ1) is 12.8. The minimum absolute atomic E-state index is 0.0964. The Hall–Kier alpha value is -2.88. The number of nitrogens with one attached hydrogen (secondary N) is 1. The molecular formula is C17H11F4N3O2S. The van der Waals surface area contributed by atoms with Crippen LogP contribution in [0.5, 0.6) is 0 Å². The minimum atomic E-state index is -4.80. The van der Waals surface area contributed by atoms with Crippen molar-refractivity contribution in [3.8, 4) is 11.5 Å². The number of amides is 1. The number of nitrogens with zero attached hydrogens (tertiary/aromatic N) is 2. The molecule has 3 rings (SSSR count). The van der Waals surface area contributed by atoms with E-state index in [0.717, 1.165) is 23.9 Å². The van der Waals surface area contributed by atoms with Crippen molar-refractivity contribution in [2.24, 2.45) is 0 Å². The average molecular weight is 397 g/mol. The topological polar surface area (TPSA) is 68.0 Å². The summed E-state index contributed by atoms with van der Waals surface area (Å²) in [4.78, 5) is 11.9. The van der Waals surface area contributed by atoms with E-state index in [2.05, 4.69) is 15.5 Å². The smallest absolute Gasteiger partial charge is 0.411 e. The zero-order chi connectivity index (χ0) is 19.4. The molecule has 0 aliphatic carbocycles. The Morgan fingerprint density at radius 3 is 2.56 bits per heavy atom. The van der Waals surface area contributed by atoms with Gasteiger partial charge < -0.3 is 9.73 Å². The van der Waals surface area contributed by atoms with Crippen LogP contribution in [0.2, 0.25) is 0 Å². The van der Waals surface area contributed by atoms with Crippen molar-refractivity contribution < 1.29 is 26.8 Å². The second-order valence-corrected chi connectivity index (χ2v) is 6.19. The quantitative estimate of drug-likeness (QED) is 0.502. The third-order valence-corrected chi connectivity index (χ3v) is 4.13. The van der Waals surface area contributed by atoms with E-state index in [1.807, 2.05) is 6.07 Å². The first-order valence-corrected chi connectivity index (χ1v) is 8.50. The lowest BCUT2D eigenvalue weighted by atomic mass is 10.1. The standard InChI is InChI=1S/C17H11F4N3O2S/c18-11-6-7-13(12(8-11)17(19,20)21)22-14(25)9-27-16-24-23-15(26-16)10-4-2-1-3-5-10/h1-8H,9H2,(H,22,25). The normalized spacial score (nSPS) is 11.4. The highest BCUT2D eigenvalue weighted by Gasteiger charge is 2.34. The molecule has 2 aromatic carbocycles. The Labute approximate surface area is 154 Å². The first-order valence-electron chi connectivity index (χ1n) is 7.51. The molecule has 0 spiro atoms. The number of benzene rings is 2. The summed E-state index contributed by atoms with van der Waals surface area (Å²) in [6.45, 7) is 0. The minimum Gasteiger partial charge on any atom is -0.411 e. The summed E-state index contributed by atoms with van der Waals surface area (Å²) in [5.41, 5.74) is -1.09. The molecule has 1 heterocycles. The van der Waals surface area contributed by atoms with Crippen LogP contribution in [0.15, 0.2) is 58.2 Å². The third kappa shape index (κ3) is 4.85. The lowest BCUT2D eigenvalue weighted by Gasteiger charge is -2.13. The fourth-order valence-electron chi connectivity index (χ4n) is 2.14. The molecule has 0 unspecified atom stereocenters. The molecule has 0 aliphatic heterocycles. The molecule has 0 aliphatic rings. The molecule has 5 nitrogen and oxygen atoms in total. The van der Waals surface area contributed by atoms with E-state index in [-0.39, 0.29) is 16.9 Å². The van der Waals surface area contributed by atoms with E-state index < -0.39 is 29.2 Å². The predicted octanol–water partition coefficient (Wildman–Crippen LogP) is 4.63. The Morgan fingerprint density at radius 2 is 1.85 bits per heavy atom. The molecule has 1 N–H and O–H groups in total. The van der Waals surface area contributed by atoms with Gasteiger partial charge in [-0.1, -0.05) is 30.0 Å². The van der Waals surface area contributed by atoms with Crippen molar-refractivity contribution >= 4 is 23.4 Å². The van der Waals surface area contributed by atoms with Gasteiger partial charge in [0.1, 0.15) is 5.82 Å². The van der Waals surface area contributed by atoms with E-state index in [9.17, 15) is 22.4 Å². The Morgan fingerprint density at radius 1 is 1.11 bits per heavy atom. The van der Waals surface area contributed by atoms with Gasteiger partial charge in [0.05, 0.1) is 17.0 Å². The Bertz CT molecular complexity index is 945. The maximum Gasteiger partial charge on any atom is 0.418 e. The summed E-state index contributed by atoms with van der Waals surface area (Å²) in [5, 5.41) is 9.83. The fourth-order valence-corrected chi connectivity index (χ4v) is 2.70. The van der Waals surface area contributed by atoms with Crippen LogP contribution in [0, 0.1) is 5.82 Å². The van der Waals surface area contributed by atoms with E-state index in [4.69, 9.17) is 4.42 Å². The van der Waals surface area contributed by atoms with Gasteiger partial charge >= 0.3 is 6.18 Å². The van der Waals surface area contributed by atoms with Crippen LogP contribution in [0.1, 0.15) is 5.56 Å². The summed E-state index contributed by atoms with van der Waals surface area (Å²) in [5.74, 6) is -1.77. The van der Waals surface area contributed by atoms with Crippen LogP contribution in [0.3, 0.4) is 0 Å². The summed E-state index contributed by atoms with van der Waals surface area (Å²) < 4.78 is 57.3. The first kappa shape index (κ1) is 18.9. The largest absolute Gasteiger partial charge is 0.418 e.